The maximum Gasteiger partial charge on any atom is 0.238 e. The third kappa shape index (κ3) is 5.72. The molecule has 178 valence electrons. The molecular formula is C27H33N5O2. The minimum Gasteiger partial charge on any atom is -0.340 e. The number of hydrogen-bond donors (Lipinski definition) is 1. The standard InChI is InChI=1S/C27H33N5O2/c1-20-9-11-23(12-10-20)28-26(33)19-30-15-17-31(18-16-30)27(34)14-13-25-21(2)29-32(22(25)3)24-7-5-4-6-8-24/h4-12H,13-19H2,1-3H3,(H,28,33). The number of nitrogens with zero attached hydrogens (tertiary/aromatic N) is 4. The summed E-state index contributed by atoms with van der Waals surface area (Å²) in [5.41, 5.74) is 6.20. The van der Waals surface area contributed by atoms with Crippen molar-refractivity contribution < 1.29 is 9.59 Å². The lowest BCUT2D eigenvalue weighted by Gasteiger charge is -2.34. The number of aryl methyl sites for hydroxylation is 2. The molecule has 34 heavy (non-hydrogen) atoms. The third-order valence-corrected chi connectivity index (χ3v) is 6.46. The summed E-state index contributed by atoms with van der Waals surface area (Å²) in [6, 6.07) is 17.9. The second-order valence-electron chi connectivity index (χ2n) is 8.97. The number of anilines is 1. The number of carbonyl (C=O) groups is 2. The van der Waals surface area contributed by atoms with Crippen molar-refractivity contribution in [2.24, 2.45) is 0 Å². The fourth-order valence-corrected chi connectivity index (χ4v) is 4.44. The Morgan fingerprint density at radius 3 is 2.26 bits per heavy atom. The molecular weight excluding hydrogens is 426 g/mol. The van der Waals surface area contributed by atoms with Crippen LogP contribution >= 0.6 is 0 Å². The van der Waals surface area contributed by atoms with Gasteiger partial charge in [-0.2, -0.15) is 5.10 Å². The second-order valence-corrected chi connectivity index (χ2v) is 8.97. The molecule has 7 heteroatoms. The van der Waals surface area contributed by atoms with Crippen molar-refractivity contribution >= 4 is 17.5 Å². The van der Waals surface area contributed by atoms with Crippen LogP contribution in [-0.2, 0) is 16.0 Å². The van der Waals surface area contributed by atoms with E-state index < -0.39 is 0 Å². The first-order valence-corrected chi connectivity index (χ1v) is 11.9. The quantitative estimate of drug-likeness (QED) is 0.587. The molecule has 0 bridgehead atoms. The molecule has 0 radical (unpaired) electrons. The number of benzene rings is 2. The molecule has 0 saturated carbocycles. The summed E-state index contributed by atoms with van der Waals surface area (Å²) in [6.07, 6.45) is 1.15. The van der Waals surface area contributed by atoms with Gasteiger partial charge in [-0.1, -0.05) is 35.9 Å². The van der Waals surface area contributed by atoms with Crippen molar-refractivity contribution in [1.29, 1.82) is 0 Å². The number of amides is 2. The van der Waals surface area contributed by atoms with Gasteiger partial charge in [0.15, 0.2) is 0 Å². The molecule has 1 N–H and O–H groups in total. The minimum atomic E-state index is -0.0231. The van der Waals surface area contributed by atoms with Crippen LogP contribution in [-0.4, -0.2) is 64.1 Å². The normalized spacial score (nSPS) is 14.3. The number of rotatable bonds is 7. The summed E-state index contributed by atoms with van der Waals surface area (Å²) in [4.78, 5) is 29.3. The fourth-order valence-electron chi connectivity index (χ4n) is 4.44. The van der Waals surface area contributed by atoms with Crippen molar-refractivity contribution in [1.82, 2.24) is 19.6 Å². The van der Waals surface area contributed by atoms with Gasteiger partial charge in [0.2, 0.25) is 11.8 Å². The van der Waals surface area contributed by atoms with Crippen LogP contribution < -0.4 is 5.32 Å². The van der Waals surface area contributed by atoms with E-state index in [0.29, 0.717) is 45.6 Å². The first kappa shape index (κ1) is 23.7. The van der Waals surface area contributed by atoms with E-state index in [9.17, 15) is 9.59 Å². The Bertz CT molecular complexity index is 1130. The van der Waals surface area contributed by atoms with Gasteiger partial charge in [-0.25, -0.2) is 4.68 Å². The zero-order chi connectivity index (χ0) is 24.1. The Balaban J connectivity index is 1.25. The highest BCUT2D eigenvalue weighted by Gasteiger charge is 2.23. The van der Waals surface area contributed by atoms with Crippen LogP contribution in [0, 0.1) is 20.8 Å². The number of hydrogen-bond acceptors (Lipinski definition) is 4. The van der Waals surface area contributed by atoms with E-state index in [1.165, 1.54) is 0 Å². The minimum absolute atomic E-state index is 0.0231. The van der Waals surface area contributed by atoms with Crippen LogP contribution in [0.2, 0.25) is 0 Å². The van der Waals surface area contributed by atoms with E-state index in [1.807, 2.05) is 78.0 Å². The molecule has 1 aromatic heterocycles. The second kappa shape index (κ2) is 10.7. The molecule has 1 fully saturated rings. The number of nitrogens with one attached hydrogen (secondary N) is 1. The first-order valence-electron chi connectivity index (χ1n) is 11.9. The van der Waals surface area contributed by atoms with Gasteiger partial charge in [-0.15, -0.1) is 0 Å². The molecule has 0 atom stereocenters. The smallest absolute Gasteiger partial charge is 0.238 e. The van der Waals surface area contributed by atoms with Crippen LogP contribution in [0.3, 0.4) is 0 Å². The van der Waals surface area contributed by atoms with Crippen LogP contribution in [0.1, 0.15) is 28.9 Å². The van der Waals surface area contributed by atoms with Gasteiger partial charge >= 0.3 is 0 Å². The zero-order valence-corrected chi connectivity index (χ0v) is 20.3. The molecule has 0 spiro atoms. The van der Waals surface area contributed by atoms with Gasteiger partial charge in [-0.3, -0.25) is 14.5 Å². The van der Waals surface area contributed by atoms with Gasteiger partial charge in [0.1, 0.15) is 0 Å². The highest BCUT2D eigenvalue weighted by atomic mass is 16.2. The number of aromatic nitrogens is 2. The number of piperazine rings is 1. The Kier molecular flexibility index (Phi) is 7.43. The predicted octanol–water partition coefficient (Wildman–Crippen LogP) is 3.51. The van der Waals surface area contributed by atoms with Crippen molar-refractivity contribution in [2.45, 2.75) is 33.6 Å². The first-order chi connectivity index (χ1) is 16.4. The monoisotopic (exact) mass is 459 g/mol. The van der Waals surface area contributed by atoms with Gasteiger partial charge in [0, 0.05) is 44.0 Å². The molecule has 2 amide bonds. The van der Waals surface area contributed by atoms with E-state index in [0.717, 1.165) is 33.9 Å². The van der Waals surface area contributed by atoms with Crippen LogP contribution in [0.15, 0.2) is 54.6 Å². The summed E-state index contributed by atoms with van der Waals surface area (Å²) in [5, 5.41) is 7.63. The summed E-state index contributed by atoms with van der Waals surface area (Å²) in [5.74, 6) is 0.139. The average molecular weight is 460 g/mol. The van der Waals surface area contributed by atoms with E-state index in [4.69, 9.17) is 0 Å². The number of para-hydroxylation sites is 1. The third-order valence-electron chi connectivity index (χ3n) is 6.46. The zero-order valence-electron chi connectivity index (χ0n) is 20.3. The van der Waals surface area contributed by atoms with Crippen LogP contribution in [0.4, 0.5) is 5.69 Å². The van der Waals surface area contributed by atoms with E-state index >= 15 is 0 Å². The van der Waals surface area contributed by atoms with Crippen molar-refractivity contribution in [3.05, 3.63) is 77.1 Å². The lowest BCUT2D eigenvalue weighted by molar-refractivity contribution is -0.133. The van der Waals surface area contributed by atoms with Crippen molar-refractivity contribution in [2.75, 3.05) is 38.0 Å². The van der Waals surface area contributed by atoms with Gasteiger partial charge < -0.3 is 10.2 Å². The van der Waals surface area contributed by atoms with Crippen LogP contribution in [0.25, 0.3) is 5.69 Å². The molecule has 2 heterocycles. The summed E-state index contributed by atoms with van der Waals surface area (Å²) in [7, 11) is 0. The highest BCUT2D eigenvalue weighted by molar-refractivity contribution is 5.92. The van der Waals surface area contributed by atoms with E-state index in [2.05, 4.69) is 22.2 Å². The summed E-state index contributed by atoms with van der Waals surface area (Å²) in [6.45, 7) is 9.14. The Morgan fingerprint density at radius 2 is 1.59 bits per heavy atom. The summed E-state index contributed by atoms with van der Waals surface area (Å²) >= 11 is 0. The molecule has 1 aliphatic rings. The predicted molar refractivity (Wildman–Crippen MR) is 134 cm³/mol. The SMILES string of the molecule is Cc1ccc(NC(=O)CN2CCN(C(=O)CCc3c(C)nn(-c4ccccc4)c3C)CC2)cc1. The van der Waals surface area contributed by atoms with Gasteiger partial charge in [0.05, 0.1) is 17.9 Å². The van der Waals surface area contributed by atoms with Gasteiger partial charge in [0.25, 0.3) is 0 Å². The maximum atomic E-state index is 12.9. The van der Waals surface area contributed by atoms with Gasteiger partial charge in [-0.05, 0) is 57.0 Å². The summed E-state index contributed by atoms with van der Waals surface area (Å²) < 4.78 is 1.95. The Morgan fingerprint density at radius 1 is 0.912 bits per heavy atom. The molecule has 0 unspecified atom stereocenters. The van der Waals surface area contributed by atoms with Crippen LogP contribution in [0.5, 0.6) is 0 Å². The molecule has 2 aromatic carbocycles. The average Bonchev–Trinajstić information content (AvgIpc) is 3.13. The molecule has 7 nitrogen and oxygen atoms in total. The molecule has 4 rings (SSSR count). The van der Waals surface area contributed by atoms with Crippen molar-refractivity contribution in [3.8, 4) is 5.69 Å². The highest BCUT2D eigenvalue weighted by Crippen LogP contribution is 2.20. The van der Waals surface area contributed by atoms with E-state index in [1.54, 1.807) is 0 Å². The van der Waals surface area contributed by atoms with Crippen molar-refractivity contribution in [3.63, 3.8) is 0 Å². The lowest BCUT2D eigenvalue weighted by Crippen LogP contribution is -2.50. The largest absolute Gasteiger partial charge is 0.340 e. The number of carbonyl (C=O) groups excluding carboxylic acids is 2. The topological polar surface area (TPSA) is 70.5 Å². The maximum absolute atomic E-state index is 12.9. The van der Waals surface area contributed by atoms with E-state index in [-0.39, 0.29) is 11.8 Å². The molecule has 1 saturated heterocycles. The Labute approximate surface area is 201 Å². The Hall–Kier alpha value is -3.45. The fraction of sp³-hybridized carbons (Fsp3) is 0.370. The molecule has 3 aromatic rings. The molecule has 0 aliphatic carbocycles. The molecule has 1 aliphatic heterocycles. The lowest BCUT2D eigenvalue weighted by atomic mass is 10.1.